The molecule has 2 nitrogen and oxygen atoms in total. The minimum absolute atomic E-state index is 0.244. The third-order valence-corrected chi connectivity index (χ3v) is 3.36. The number of hydrogen-bond donors (Lipinski definition) is 1. The van der Waals surface area contributed by atoms with Gasteiger partial charge in [-0.2, -0.15) is 0 Å². The van der Waals surface area contributed by atoms with E-state index in [0.717, 1.165) is 11.3 Å². The Morgan fingerprint density at radius 2 is 1.88 bits per heavy atom. The van der Waals surface area contributed by atoms with Gasteiger partial charge in [0.25, 0.3) is 0 Å². The summed E-state index contributed by atoms with van der Waals surface area (Å²) in [6.07, 6.45) is 9.31. The zero-order chi connectivity index (χ0) is 12.1. The van der Waals surface area contributed by atoms with Gasteiger partial charge in [-0.05, 0) is 29.7 Å². The molecule has 0 unspecified atom stereocenters. The summed E-state index contributed by atoms with van der Waals surface area (Å²) >= 11 is 0. The number of anilines is 1. The molecule has 90 valence electrons. The maximum atomic E-state index is 11.7. The minimum Gasteiger partial charge on any atom is -0.399 e. The van der Waals surface area contributed by atoms with Crippen LogP contribution in [0.5, 0.6) is 0 Å². The molecule has 0 radical (unpaired) electrons. The summed E-state index contributed by atoms with van der Waals surface area (Å²) in [5, 5.41) is 0. The summed E-state index contributed by atoms with van der Waals surface area (Å²) in [4.78, 5) is 11.7. The lowest BCUT2D eigenvalue weighted by atomic mass is 10.0. The van der Waals surface area contributed by atoms with E-state index in [1.54, 1.807) is 6.08 Å². The van der Waals surface area contributed by atoms with Crippen LogP contribution in [-0.4, -0.2) is 5.78 Å². The van der Waals surface area contributed by atoms with E-state index >= 15 is 0 Å². The number of nitrogens with two attached hydrogens (primary N) is 1. The molecule has 0 saturated heterocycles. The topological polar surface area (TPSA) is 43.1 Å². The first-order chi connectivity index (χ1) is 8.24. The molecule has 0 aliphatic heterocycles. The lowest BCUT2D eigenvalue weighted by Gasteiger charge is -2.04. The molecule has 1 aromatic carbocycles. The minimum atomic E-state index is 0.244. The normalized spacial score (nSPS) is 16.7. The molecule has 0 bridgehead atoms. The average Bonchev–Trinajstić information content (AvgIpc) is 2.81. The van der Waals surface area contributed by atoms with E-state index in [1.165, 1.54) is 25.7 Å². The summed E-state index contributed by atoms with van der Waals surface area (Å²) in [5.41, 5.74) is 7.38. The molecule has 2 N–H and O–H groups in total. The fraction of sp³-hybridized carbons (Fsp3) is 0.400. The maximum Gasteiger partial charge on any atom is 0.155 e. The standard InChI is InChI=1S/C15H19NO/c16-14-8-5-12(6-9-14)7-10-15(17)11-13-3-1-2-4-13/h5-10,13H,1-4,11,16H2/b10-7+. The Hall–Kier alpha value is -1.57. The molecule has 17 heavy (non-hydrogen) atoms. The van der Waals surface area contributed by atoms with Gasteiger partial charge < -0.3 is 5.73 Å². The number of hydrogen-bond acceptors (Lipinski definition) is 2. The molecule has 2 rings (SSSR count). The summed E-state index contributed by atoms with van der Waals surface area (Å²) < 4.78 is 0. The third kappa shape index (κ3) is 3.74. The van der Waals surface area contributed by atoms with Gasteiger partial charge in [0, 0.05) is 12.1 Å². The Bertz CT molecular complexity index is 399. The van der Waals surface area contributed by atoms with Crippen molar-refractivity contribution in [1.82, 2.24) is 0 Å². The van der Waals surface area contributed by atoms with Gasteiger partial charge in [0.2, 0.25) is 0 Å². The number of ketones is 1. The second-order valence-electron chi connectivity index (χ2n) is 4.82. The molecular weight excluding hydrogens is 210 g/mol. The highest BCUT2D eigenvalue weighted by atomic mass is 16.1. The van der Waals surface area contributed by atoms with Gasteiger partial charge in [-0.15, -0.1) is 0 Å². The van der Waals surface area contributed by atoms with Crippen molar-refractivity contribution in [3.63, 3.8) is 0 Å². The first kappa shape index (κ1) is 11.9. The zero-order valence-corrected chi connectivity index (χ0v) is 10.1. The number of carbonyl (C=O) groups excluding carboxylic acids is 1. The molecule has 1 fully saturated rings. The van der Waals surface area contributed by atoms with Crippen LogP contribution in [0.15, 0.2) is 30.3 Å². The van der Waals surface area contributed by atoms with E-state index in [0.29, 0.717) is 12.3 Å². The van der Waals surface area contributed by atoms with Gasteiger partial charge in [-0.1, -0.05) is 43.9 Å². The monoisotopic (exact) mass is 229 g/mol. The van der Waals surface area contributed by atoms with Crippen molar-refractivity contribution < 1.29 is 4.79 Å². The third-order valence-electron chi connectivity index (χ3n) is 3.36. The van der Waals surface area contributed by atoms with Crippen LogP contribution in [0.25, 0.3) is 6.08 Å². The first-order valence-corrected chi connectivity index (χ1v) is 6.30. The van der Waals surface area contributed by atoms with Crippen LogP contribution in [0.3, 0.4) is 0 Å². The van der Waals surface area contributed by atoms with E-state index < -0.39 is 0 Å². The van der Waals surface area contributed by atoms with E-state index in [9.17, 15) is 4.79 Å². The lowest BCUT2D eigenvalue weighted by Crippen LogP contribution is -2.01. The molecule has 1 aromatic rings. The van der Waals surface area contributed by atoms with Crippen molar-refractivity contribution in [2.45, 2.75) is 32.1 Å². The molecule has 1 saturated carbocycles. The number of benzene rings is 1. The Morgan fingerprint density at radius 1 is 1.24 bits per heavy atom. The van der Waals surface area contributed by atoms with Gasteiger partial charge in [0.15, 0.2) is 5.78 Å². The Balaban J connectivity index is 1.86. The Labute approximate surface area is 103 Å². The number of rotatable bonds is 4. The van der Waals surface area contributed by atoms with E-state index in [2.05, 4.69) is 0 Å². The van der Waals surface area contributed by atoms with Crippen molar-refractivity contribution in [3.8, 4) is 0 Å². The number of nitrogen functional groups attached to an aromatic ring is 1. The van der Waals surface area contributed by atoms with E-state index in [4.69, 9.17) is 5.73 Å². The molecule has 0 spiro atoms. The van der Waals surface area contributed by atoms with E-state index in [-0.39, 0.29) is 5.78 Å². The summed E-state index contributed by atoms with van der Waals surface area (Å²) in [6.45, 7) is 0. The van der Waals surface area contributed by atoms with Crippen LogP contribution < -0.4 is 5.73 Å². The van der Waals surface area contributed by atoms with Gasteiger partial charge in [-0.25, -0.2) is 0 Å². The van der Waals surface area contributed by atoms with Crippen LogP contribution in [0.2, 0.25) is 0 Å². The molecule has 1 aliphatic carbocycles. The predicted molar refractivity (Wildman–Crippen MR) is 71.5 cm³/mol. The molecular formula is C15H19NO. The maximum absolute atomic E-state index is 11.7. The highest BCUT2D eigenvalue weighted by Crippen LogP contribution is 2.27. The van der Waals surface area contributed by atoms with Crippen LogP contribution >= 0.6 is 0 Å². The first-order valence-electron chi connectivity index (χ1n) is 6.30. The van der Waals surface area contributed by atoms with E-state index in [1.807, 2.05) is 30.3 Å². The van der Waals surface area contributed by atoms with Gasteiger partial charge in [0.1, 0.15) is 0 Å². The largest absolute Gasteiger partial charge is 0.399 e. The Kier molecular flexibility index (Phi) is 3.97. The van der Waals surface area contributed by atoms with Crippen molar-refractivity contribution in [2.24, 2.45) is 5.92 Å². The van der Waals surface area contributed by atoms with Crippen molar-refractivity contribution in [2.75, 3.05) is 5.73 Å². The second kappa shape index (κ2) is 5.67. The second-order valence-corrected chi connectivity index (χ2v) is 4.82. The van der Waals surface area contributed by atoms with Gasteiger partial charge in [-0.3, -0.25) is 4.79 Å². The van der Waals surface area contributed by atoms with Crippen LogP contribution in [-0.2, 0) is 4.79 Å². The summed E-state index contributed by atoms with van der Waals surface area (Å²) in [6, 6.07) is 7.55. The lowest BCUT2D eigenvalue weighted by molar-refractivity contribution is -0.115. The highest BCUT2D eigenvalue weighted by Gasteiger charge is 2.16. The fourth-order valence-corrected chi connectivity index (χ4v) is 2.36. The van der Waals surface area contributed by atoms with Crippen LogP contribution in [0.1, 0.15) is 37.7 Å². The van der Waals surface area contributed by atoms with Crippen LogP contribution in [0, 0.1) is 5.92 Å². The van der Waals surface area contributed by atoms with Gasteiger partial charge in [0.05, 0.1) is 0 Å². The number of carbonyl (C=O) groups is 1. The molecule has 2 heteroatoms. The van der Waals surface area contributed by atoms with Crippen LogP contribution in [0.4, 0.5) is 5.69 Å². The predicted octanol–water partition coefficient (Wildman–Crippen LogP) is 3.43. The zero-order valence-electron chi connectivity index (χ0n) is 10.1. The molecule has 0 aromatic heterocycles. The molecule has 0 amide bonds. The molecule has 0 atom stereocenters. The summed E-state index contributed by atoms with van der Waals surface area (Å²) in [5.74, 6) is 0.868. The van der Waals surface area contributed by atoms with Gasteiger partial charge >= 0.3 is 0 Å². The molecule has 0 heterocycles. The van der Waals surface area contributed by atoms with Crippen molar-refractivity contribution >= 4 is 17.5 Å². The average molecular weight is 229 g/mol. The van der Waals surface area contributed by atoms with Crippen molar-refractivity contribution in [3.05, 3.63) is 35.9 Å². The van der Waals surface area contributed by atoms with Crippen molar-refractivity contribution in [1.29, 1.82) is 0 Å². The molecule has 1 aliphatic rings. The SMILES string of the molecule is Nc1ccc(/C=C/C(=O)CC2CCCC2)cc1. The fourth-order valence-electron chi connectivity index (χ4n) is 2.36. The highest BCUT2D eigenvalue weighted by molar-refractivity contribution is 5.93. The number of allylic oxidation sites excluding steroid dienone is 1. The smallest absolute Gasteiger partial charge is 0.155 e. The quantitative estimate of drug-likeness (QED) is 0.635. The Morgan fingerprint density at radius 3 is 2.53 bits per heavy atom. The summed E-state index contributed by atoms with van der Waals surface area (Å²) in [7, 11) is 0.